The van der Waals surface area contributed by atoms with Crippen molar-refractivity contribution < 1.29 is 0 Å². The molecular formula is C13H23N3. The maximum atomic E-state index is 3.33. The Labute approximate surface area is 98.2 Å². The van der Waals surface area contributed by atoms with Crippen LogP contribution in [0.3, 0.4) is 0 Å². The number of hydrazine groups is 1. The summed E-state index contributed by atoms with van der Waals surface area (Å²) in [6.07, 6.45) is 7.93. The first-order chi connectivity index (χ1) is 7.88. The zero-order chi connectivity index (χ0) is 11.0. The first-order valence-electron chi connectivity index (χ1n) is 6.83. The largest absolute Gasteiger partial charge is 0.326 e. The van der Waals surface area contributed by atoms with E-state index in [2.05, 4.69) is 28.8 Å². The number of rotatable bonds is 2. The highest BCUT2D eigenvalue weighted by atomic mass is 15.4. The van der Waals surface area contributed by atoms with E-state index in [4.69, 9.17) is 0 Å². The number of nitrogens with one attached hydrogen (secondary N) is 2. The second-order valence-electron chi connectivity index (χ2n) is 5.47. The van der Waals surface area contributed by atoms with Gasteiger partial charge in [-0.15, -0.1) is 0 Å². The van der Waals surface area contributed by atoms with Crippen molar-refractivity contribution in [1.29, 1.82) is 0 Å². The van der Waals surface area contributed by atoms with Gasteiger partial charge in [-0.25, -0.2) is 5.43 Å². The molecule has 1 aliphatic carbocycles. The van der Waals surface area contributed by atoms with Crippen molar-refractivity contribution in [2.24, 2.45) is 11.8 Å². The summed E-state index contributed by atoms with van der Waals surface area (Å²) < 4.78 is 0. The lowest BCUT2D eigenvalue weighted by molar-refractivity contribution is 0.0908. The maximum absolute atomic E-state index is 3.33. The zero-order valence-corrected chi connectivity index (χ0v) is 10.2. The zero-order valence-electron chi connectivity index (χ0n) is 10.2. The van der Waals surface area contributed by atoms with Gasteiger partial charge in [0.15, 0.2) is 0 Å². The van der Waals surface area contributed by atoms with Gasteiger partial charge in [0.05, 0.1) is 0 Å². The fourth-order valence-corrected chi connectivity index (χ4v) is 3.64. The van der Waals surface area contributed by atoms with Crippen LogP contribution in [0.1, 0.15) is 32.6 Å². The minimum absolute atomic E-state index is 0.749. The number of hydrogen-bond acceptors (Lipinski definition) is 3. The fourth-order valence-electron chi connectivity index (χ4n) is 3.64. The Balaban J connectivity index is 1.77. The monoisotopic (exact) mass is 221 g/mol. The number of hydrogen-bond donors (Lipinski definition) is 2. The van der Waals surface area contributed by atoms with Gasteiger partial charge in [0.2, 0.25) is 0 Å². The molecule has 2 saturated heterocycles. The van der Waals surface area contributed by atoms with Crippen LogP contribution in [0.5, 0.6) is 0 Å². The molecule has 3 nitrogen and oxygen atoms in total. The fraction of sp³-hybridized carbons (Fsp3) is 0.846. The average Bonchev–Trinajstić information content (AvgIpc) is 2.74. The van der Waals surface area contributed by atoms with Crippen molar-refractivity contribution in [3.63, 3.8) is 0 Å². The average molecular weight is 221 g/mol. The minimum Gasteiger partial charge on any atom is -0.326 e. The third kappa shape index (κ3) is 1.76. The first kappa shape index (κ1) is 10.6. The SMILES string of the molecule is CCCN1CCCC2C=C3NNCC3CC21. The second-order valence-corrected chi connectivity index (χ2v) is 5.47. The Morgan fingerprint density at radius 1 is 1.50 bits per heavy atom. The van der Waals surface area contributed by atoms with E-state index in [1.54, 1.807) is 0 Å². The van der Waals surface area contributed by atoms with E-state index >= 15 is 0 Å². The van der Waals surface area contributed by atoms with E-state index in [1.807, 2.05) is 0 Å². The summed E-state index contributed by atoms with van der Waals surface area (Å²) in [4.78, 5) is 2.74. The normalized spacial score (nSPS) is 38.6. The van der Waals surface area contributed by atoms with Crippen LogP contribution < -0.4 is 10.9 Å². The Hall–Kier alpha value is -0.540. The highest BCUT2D eigenvalue weighted by molar-refractivity contribution is 5.17. The molecule has 3 unspecified atom stereocenters. The smallest absolute Gasteiger partial charge is 0.0270 e. The molecule has 0 amide bonds. The Kier molecular flexibility index (Phi) is 2.90. The molecule has 3 atom stereocenters. The van der Waals surface area contributed by atoms with E-state index < -0.39 is 0 Å². The van der Waals surface area contributed by atoms with Gasteiger partial charge in [-0.1, -0.05) is 13.0 Å². The van der Waals surface area contributed by atoms with Crippen molar-refractivity contribution >= 4 is 0 Å². The molecule has 2 N–H and O–H groups in total. The van der Waals surface area contributed by atoms with Gasteiger partial charge in [0.25, 0.3) is 0 Å². The Morgan fingerprint density at radius 2 is 2.44 bits per heavy atom. The number of nitrogens with zero attached hydrogens (tertiary/aromatic N) is 1. The molecule has 0 aromatic carbocycles. The quantitative estimate of drug-likeness (QED) is 0.740. The van der Waals surface area contributed by atoms with Crippen molar-refractivity contribution in [1.82, 2.24) is 15.8 Å². The molecule has 0 bridgehead atoms. The summed E-state index contributed by atoms with van der Waals surface area (Å²) in [7, 11) is 0. The van der Waals surface area contributed by atoms with Gasteiger partial charge in [-0.2, -0.15) is 0 Å². The van der Waals surface area contributed by atoms with Gasteiger partial charge < -0.3 is 5.43 Å². The van der Waals surface area contributed by atoms with Gasteiger partial charge >= 0.3 is 0 Å². The summed E-state index contributed by atoms with van der Waals surface area (Å²) in [6, 6.07) is 0.823. The minimum atomic E-state index is 0.749. The van der Waals surface area contributed by atoms with Crippen LogP contribution in [0.15, 0.2) is 11.8 Å². The van der Waals surface area contributed by atoms with Crippen LogP contribution in [-0.2, 0) is 0 Å². The topological polar surface area (TPSA) is 27.3 Å². The maximum Gasteiger partial charge on any atom is 0.0270 e. The third-order valence-electron chi connectivity index (χ3n) is 4.40. The molecule has 3 aliphatic rings. The molecule has 0 aromatic heterocycles. The molecule has 2 aliphatic heterocycles. The molecule has 2 fully saturated rings. The van der Waals surface area contributed by atoms with Crippen molar-refractivity contribution in [2.45, 2.75) is 38.6 Å². The molecule has 3 heteroatoms. The Morgan fingerprint density at radius 3 is 3.31 bits per heavy atom. The van der Waals surface area contributed by atoms with Gasteiger partial charge in [-0.3, -0.25) is 4.90 Å². The predicted molar refractivity (Wildman–Crippen MR) is 65.7 cm³/mol. The van der Waals surface area contributed by atoms with E-state index in [0.717, 1.165) is 24.4 Å². The molecule has 0 aromatic rings. The van der Waals surface area contributed by atoms with Crippen molar-refractivity contribution in [2.75, 3.05) is 19.6 Å². The van der Waals surface area contributed by atoms with E-state index in [9.17, 15) is 0 Å². The molecule has 0 saturated carbocycles. The lowest BCUT2D eigenvalue weighted by Gasteiger charge is -2.44. The van der Waals surface area contributed by atoms with Gasteiger partial charge in [0, 0.05) is 24.2 Å². The van der Waals surface area contributed by atoms with Crippen LogP contribution in [0.2, 0.25) is 0 Å². The van der Waals surface area contributed by atoms with Crippen molar-refractivity contribution in [3.8, 4) is 0 Å². The number of likely N-dealkylation sites (tertiary alicyclic amines) is 1. The highest BCUT2D eigenvalue weighted by Crippen LogP contribution is 2.37. The Bertz CT molecular complexity index is 285. The lowest BCUT2D eigenvalue weighted by atomic mass is 9.77. The summed E-state index contributed by atoms with van der Waals surface area (Å²) in [5.74, 6) is 1.55. The van der Waals surface area contributed by atoms with Crippen LogP contribution in [0.4, 0.5) is 0 Å². The highest BCUT2D eigenvalue weighted by Gasteiger charge is 2.38. The summed E-state index contributed by atoms with van der Waals surface area (Å²) in [5.41, 5.74) is 8.09. The molecule has 0 spiro atoms. The summed E-state index contributed by atoms with van der Waals surface area (Å²) in [6.45, 7) is 6.03. The summed E-state index contributed by atoms with van der Waals surface area (Å²) >= 11 is 0. The molecule has 16 heavy (non-hydrogen) atoms. The number of piperidine rings is 1. The van der Waals surface area contributed by atoms with Gasteiger partial charge in [0.1, 0.15) is 0 Å². The second kappa shape index (κ2) is 4.38. The van der Waals surface area contributed by atoms with Crippen LogP contribution in [0.25, 0.3) is 0 Å². The molecular weight excluding hydrogens is 198 g/mol. The molecule has 90 valence electrons. The number of fused-ring (bicyclic) bond motifs is 2. The van der Waals surface area contributed by atoms with Crippen LogP contribution in [0, 0.1) is 11.8 Å². The summed E-state index contributed by atoms with van der Waals surface area (Å²) in [5, 5.41) is 0. The molecule has 3 rings (SSSR count). The molecule has 0 radical (unpaired) electrons. The third-order valence-corrected chi connectivity index (χ3v) is 4.40. The standard InChI is InChI=1S/C13H23N3/c1-2-5-16-6-3-4-10-7-12-11(8-13(10)16)9-14-15-12/h7,10-11,13-15H,2-6,8-9H2,1H3. The van der Waals surface area contributed by atoms with Crippen LogP contribution >= 0.6 is 0 Å². The van der Waals surface area contributed by atoms with Gasteiger partial charge in [-0.05, 0) is 44.7 Å². The predicted octanol–water partition coefficient (Wildman–Crippen LogP) is 1.49. The van der Waals surface area contributed by atoms with Crippen molar-refractivity contribution in [3.05, 3.63) is 11.8 Å². The van der Waals surface area contributed by atoms with E-state index in [-0.39, 0.29) is 0 Å². The van der Waals surface area contributed by atoms with E-state index in [1.165, 1.54) is 44.5 Å². The van der Waals surface area contributed by atoms with Crippen LogP contribution in [-0.4, -0.2) is 30.6 Å². The molecule has 2 heterocycles. The first-order valence-corrected chi connectivity index (χ1v) is 6.83. The van der Waals surface area contributed by atoms with E-state index in [0.29, 0.717) is 0 Å². The lowest BCUT2D eigenvalue weighted by Crippen LogP contribution is -2.48.